The molecule has 0 aromatic carbocycles. The van der Waals surface area contributed by atoms with Crippen LogP contribution in [0.1, 0.15) is 23.1 Å². The number of hydrogen-bond acceptors (Lipinski definition) is 4. The van der Waals surface area contributed by atoms with Crippen molar-refractivity contribution in [2.75, 3.05) is 0 Å². The average molecular weight is 345 g/mol. The molecule has 5 nitrogen and oxygen atoms in total. The van der Waals surface area contributed by atoms with Crippen LogP contribution >= 0.6 is 27.5 Å². The van der Waals surface area contributed by atoms with E-state index in [1.165, 1.54) is 0 Å². The van der Waals surface area contributed by atoms with Gasteiger partial charge in [0.2, 0.25) is 0 Å². The van der Waals surface area contributed by atoms with Crippen LogP contribution in [0.2, 0.25) is 5.02 Å². The molecule has 19 heavy (non-hydrogen) atoms. The summed E-state index contributed by atoms with van der Waals surface area (Å²) in [6.07, 6.45) is 2.35. The molecule has 7 heteroatoms. The Balaban J connectivity index is 2.32. The smallest absolute Gasteiger partial charge is 0.0847 e. The van der Waals surface area contributed by atoms with Crippen LogP contribution in [0.5, 0.6) is 0 Å². The number of nitrogens with two attached hydrogens (primary N) is 1. The normalized spacial score (nSPS) is 12.7. The number of nitrogens with zero attached hydrogens (tertiary/aromatic N) is 3. The molecule has 1 unspecified atom stereocenters. The predicted molar refractivity (Wildman–Crippen MR) is 78.7 cm³/mol. The molecule has 0 saturated carbocycles. The first kappa shape index (κ1) is 14.5. The van der Waals surface area contributed by atoms with Crippen LogP contribution in [-0.4, -0.2) is 14.8 Å². The molecule has 0 amide bonds. The van der Waals surface area contributed by atoms with E-state index in [0.29, 0.717) is 11.4 Å². The van der Waals surface area contributed by atoms with Crippen molar-refractivity contribution in [2.45, 2.75) is 19.4 Å². The zero-order chi connectivity index (χ0) is 14.0. The third-order valence-electron chi connectivity index (χ3n) is 2.98. The van der Waals surface area contributed by atoms with Crippen molar-refractivity contribution in [3.8, 4) is 0 Å². The summed E-state index contributed by atoms with van der Waals surface area (Å²) < 4.78 is 2.69. The minimum Gasteiger partial charge on any atom is -0.271 e. The summed E-state index contributed by atoms with van der Waals surface area (Å²) in [5.41, 5.74) is 5.37. The fourth-order valence-corrected chi connectivity index (χ4v) is 2.75. The van der Waals surface area contributed by atoms with Gasteiger partial charge < -0.3 is 0 Å². The molecule has 0 radical (unpaired) electrons. The number of nitrogens with one attached hydrogen (secondary N) is 1. The molecule has 2 aromatic rings. The maximum absolute atomic E-state index is 6.26. The zero-order valence-corrected chi connectivity index (χ0v) is 13.0. The average Bonchev–Trinajstić information content (AvgIpc) is 2.63. The van der Waals surface area contributed by atoms with E-state index < -0.39 is 0 Å². The van der Waals surface area contributed by atoms with E-state index >= 15 is 0 Å². The van der Waals surface area contributed by atoms with Crippen molar-refractivity contribution >= 4 is 27.5 Å². The fourth-order valence-electron chi connectivity index (χ4n) is 1.98. The second-order valence-electron chi connectivity index (χ2n) is 4.26. The van der Waals surface area contributed by atoms with E-state index in [2.05, 4.69) is 31.4 Å². The number of rotatable bonds is 4. The first-order valence-corrected chi connectivity index (χ1v) is 6.96. The molecule has 102 valence electrons. The molecule has 0 aliphatic carbocycles. The Bertz CT molecular complexity index is 583. The van der Waals surface area contributed by atoms with Crippen LogP contribution in [0.4, 0.5) is 0 Å². The van der Waals surface area contributed by atoms with Crippen molar-refractivity contribution in [1.82, 2.24) is 20.2 Å². The van der Waals surface area contributed by atoms with Crippen molar-refractivity contribution in [2.24, 2.45) is 12.9 Å². The molecule has 0 aliphatic heterocycles. The second-order valence-corrected chi connectivity index (χ2v) is 5.50. The molecule has 0 saturated heterocycles. The molecule has 3 N–H and O–H groups in total. The topological polar surface area (TPSA) is 68.8 Å². The Kier molecular flexibility index (Phi) is 4.57. The van der Waals surface area contributed by atoms with E-state index in [-0.39, 0.29) is 6.04 Å². The number of hydrogen-bond donors (Lipinski definition) is 2. The highest BCUT2D eigenvalue weighted by atomic mass is 79.9. The Labute approximate surface area is 125 Å². The van der Waals surface area contributed by atoms with Gasteiger partial charge in [0.1, 0.15) is 0 Å². The third kappa shape index (κ3) is 2.97. The summed E-state index contributed by atoms with van der Waals surface area (Å²) in [7, 11) is 1.87. The van der Waals surface area contributed by atoms with Crippen molar-refractivity contribution in [1.29, 1.82) is 0 Å². The van der Waals surface area contributed by atoms with Gasteiger partial charge in [-0.3, -0.25) is 20.9 Å². The maximum Gasteiger partial charge on any atom is 0.0847 e. The largest absolute Gasteiger partial charge is 0.271 e. The number of hydrazine groups is 1. The molecule has 0 aliphatic rings. The third-order valence-corrected chi connectivity index (χ3v) is 4.14. The minimum atomic E-state index is -0.136. The lowest BCUT2D eigenvalue weighted by molar-refractivity contribution is 0.516. The molecule has 0 bridgehead atoms. The molecule has 0 fully saturated rings. The van der Waals surface area contributed by atoms with E-state index in [1.807, 2.05) is 26.1 Å². The quantitative estimate of drug-likeness (QED) is 0.659. The van der Waals surface area contributed by atoms with E-state index in [4.69, 9.17) is 17.4 Å². The van der Waals surface area contributed by atoms with Crippen LogP contribution in [0.25, 0.3) is 0 Å². The lowest BCUT2D eigenvalue weighted by Gasteiger charge is -2.17. The number of aromatic nitrogens is 3. The van der Waals surface area contributed by atoms with Crippen LogP contribution in [0.15, 0.2) is 22.8 Å². The van der Waals surface area contributed by atoms with Crippen LogP contribution in [0.3, 0.4) is 0 Å². The lowest BCUT2D eigenvalue weighted by atomic mass is 10.1. The summed E-state index contributed by atoms with van der Waals surface area (Å²) in [6.45, 7) is 1.88. The van der Waals surface area contributed by atoms with Gasteiger partial charge in [0.05, 0.1) is 28.1 Å². The fraction of sp³-hybridized carbons (Fsp3) is 0.333. The molecular weight excluding hydrogens is 330 g/mol. The molecule has 0 spiro atoms. The SMILES string of the molecule is Cc1nn(C)c(CC(NN)c2ncccc2Br)c1Cl. The number of halogens is 2. The van der Waals surface area contributed by atoms with Gasteiger partial charge in [-0.05, 0) is 35.0 Å². The summed E-state index contributed by atoms with van der Waals surface area (Å²) in [6, 6.07) is 3.66. The molecule has 2 rings (SSSR count). The van der Waals surface area contributed by atoms with Gasteiger partial charge in [-0.15, -0.1) is 0 Å². The Morgan fingerprint density at radius 2 is 2.32 bits per heavy atom. The molecule has 2 heterocycles. The summed E-state index contributed by atoms with van der Waals surface area (Å²) in [4.78, 5) is 4.35. The standard InChI is InChI=1S/C12H15BrClN5/c1-7-11(14)10(19(2)18-7)6-9(17-15)12-8(13)4-3-5-16-12/h3-5,9,17H,6,15H2,1-2H3. The number of aryl methyl sites for hydroxylation is 2. The molecule has 2 aromatic heterocycles. The predicted octanol–water partition coefficient (Wildman–Crippen LogP) is 2.29. The summed E-state index contributed by atoms with van der Waals surface area (Å²) in [5.74, 6) is 5.64. The van der Waals surface area contributed by atoms with Crippen molar-refractivity contribution < 1.29 is 0 Å². The lowest BCUT2D eigenvalue weighted by Crippen LogP contribution is -2.31. The Morgan fingerprint density at radius 3 is 2.84 bits per heavy atom. The monoisotopic (exact) mass is 343 g/mol. The first-order chi connectivity index (χ1) is 9.04. The highest BCUT2D eigenvalue weighted by Gasteiger charge is 2.20. The van der Waals surface area contributed by atoms with Gasteiger partial charge >= 0.3 is 0 Å². The molecular formula is C12H15BrClN5. The minimum absolute atomic E-state index is 0.136. The highest BCUT2D eigenvalue weighted by molar-refractivity contribution is 9.10. The second kappa shape index (κ2) is 6.00. The highest BCUT2D eigenvalue weighted by Crippen LogP contribution is 2.27. The Morgan fingerprint density at radius 1 is 1.58 bits per heavy atom. The van der Waals surface area contributed by atoms with Crippen LogP contribution in [-0.2, 0) is 13.5 Å². The van der Waals surface area contributed by atoms with Gasteiger partial charge in [-0.25, -0.2) is 0 Å². The van der Waals surface area contributed by atoms with E-state index in [9.17, 15) is 0 Å². The van der Waals surface area contributed by atoms with Gasteiger partial charge in [0.15, 0.2) is 0 Å². The van der Waals surface area contributed by atoms with Crippen molar-refractivity contribution in [3.05, 3.63) is 44.9 Å². The van der Waals surface area contributed by atoms with Gasteiger partial charge in [0.25, 0.3) is 0 Å². The zero-order valence-electron chi connectivity index (χ0n) is 10.7. The first-order valence-electron chi connectivity index (χ1n) is 5.79. The summed E-state index contributed by atoms with van der Waals surface area (Å²) in [5, 5.41) is 4.97. The van der Waals surface area contributed by atoms with Crippen LogP contribution in [0, 0.1) is 6.92 Å². The van der Waals surface area contributed by atoms with Crippen molar-refractivity contribution in [3.63, 3.8) is 0 Å². The van der Waals surface area contributed by atoms with Gasteiger partial charge in [-0.2, -0.15) is 5.10 Å². The maximum atomic E-state index is 6.26. The Hall–Kier alpha value is -0.950. The number of pyridine rings is 1. The molecule has 1 atom stereocenters. The van der Waals surface area contributed by atoms with E-state index in [1.54, 1.807) is 10.9 Å². The van der Waals surface area contributed by atoms with Gasteiger partial charge in [-0.1, -0.05) is 11.6 Å². The summed E-state index contributed by atoms with van der Waals surface area (Å²) >= 11 is 9.74. The van der Waals surface area contributed by atoms with Crippen LogP contribution < -0.4 is 11.3 Å². The van der Waals surface area contributed by atoms with E-state index in [0.717, 1.165) is 21.6 Å². The van der Waals surface area contributed by atoms with Gasteiger partial charge in [0, 0.05) is 24.1 Å².